The van der Waals surface area contributed by atoms with Crippen LogP contribution in [0.1, 0.15) is 38.2 Å². The zero-order chi connectivity index (χ0) is 10.1. The summed E-state index contributed by atoms with van der Waals surface area (Å²) in [6.07, 6.45) is 2.90. The van der Waals surface area contributed by atoms with Crippen LogP contribution >= 0.6 is 0 Å². The molecule has 3 nitrogen and oxygen atoms in total. The molecule has 0 bridgehead atoms. The highest BCUT2D eigenvalue weighted by molar-refractivity contribution is 5.19. The summed E-state index contributed by atoms with van der Waals surface area (Å²) in [5, 5.41) is 3.56. The largest absolute Gasteiger partial charge is 0.348 e. The summed E-state index contributed by atoms with van der Waals surface area (Å²) in [6.45, 7) is 7.91. The quantitative estimate of drug-likeness (QED) is 0.753. The number of imidazole rings is 1. The lowest BCUT2D eigenvalue weighted by atomic mass is 9.86. The fraction of sp³-hybridized carbons (Fsp3) is 0.727. The summed E-state index contributed by atoms with van der Waals surface area (Å²) >= 11 is 0. The first-order valence-corrected chi connectivity index (χ1v) is 5.45. The molecule has 1 aromatic rings. The number of H-pyrrole nitrogens is 1. The third kappa shape index (κ3) is 1.57. The van der Waals surface area contributed by atoms with Crippen LogP contribution < -0.4 is 5.32 Å². The van der Waals surface area contributed by atoms with Gasteiger partial charge in [0.1, 0.15) is 0 Å². The van der Waals surface area contributed by atoms with Gasteiger partial charge in [-0.05, 0) is 11.8 Å². The van der Waals surface area contributed by atoms with E-state index < -0.39 is 0 Å². The minimum atomic E-state index is 0.435. The first kappa shape index (κ1) is 9.71. The van der Waals surface area contributed by atoms with Crippen LogP contribution in [0.4, 0.5) is 0 Å². The number of fused-ring (bicyclic) bond motifs is 1. The lowest BCUT2D eigenvalue weighted by molar-refractivity contribution is 0.289. The van der Waals surface area contributed by atoms with E-state index >= 15 is 0 Å². The lowest BCUT2D eigenvalue weighted by Crippen LogP contribution is -2.35. The summed E-state index contributed by atoms with van der Waals surface area (Å²) in [5.74, 6) is 1.33. The van der Waals surface area contributed by atoms with Crippen LogP contribution in [0.3, 0.4) is 0 Å². The molecule has 0 amide bonds. The maximum atomic E-state index is 4.42. The minimum absolute atomic E-state index is 0.435. The maximum absolute atomic E-state index is 4.42. The van der Waals surface area contributed by atoms with E-state index in [1.807, 2.05) is 6.33 Å². The minimum Gasteiger partial charge on any atom is -0.348 e. The average molecular weight is 193 g/mol. The Balaban J connectivity index is 2.23. The van der Waals surface area contributed by atoms with E-state index in [2.05, 4.69) is 36.1 Å². The first-order valence-electron chi connectivity index (χ1n) is 5.45. The first-order chi connectivity index (χ1) is 6.70. The highest BCUT2D eigenvalue weighted by atomic mass is 15.0. The van der Waals surface area contributed by atoms with Gasteiger partial charge in [0.25, 0.3) is 0 Å². The number of hydrogen-bond donors (Lipinski definition) is 2. The van der Waals surface area contributed by atoms with E-state index in [1.165, 1.54) is 11.4 Å². The summed E-state index contributed by atoms with van der Waals surface area (Å²) < 4.78 is 0. The van der Waals surface area contributed by atoms with E-state index in [9.17, 15) is 0 Å². The second-order valence-electron chi connectivity index (χ2n) is 4.55. The molecular weight excluding hydrogens is 174 g/mol. The molecule has 0 spiro atoms. The van der Waals surface area contributed by atoms with Gasteiger partial charge < -0.3 is 10.3 Å². The molecule has 14 heavy (non-hydrogen) atoms. The van der Waals surface area contributed by atoms with Gasteiger partial charge in [-0.2, -0.15) is 0 Å². The Morgan fingerprint density at radius 2 is 2.21 bits per heavy atom. The molecule has 2 N–H and O–H groups in total. The van der Waals surface area contributed by atoms with Crippen LogP contribution in [-0.4, -0.2) is 16.5 Å². The predicted octanol–water partition coefficient (Wildman–Crippen LogP) is 1.89. The zero-order valence-corrected chi connectivity index (χ0v) is 9.17. The van der Waals surface area contributed by atoms with Gasteiger partial charge in [0.15, 0.2) is 0 Å². The number of rotatable bonds is 2. The van der Waals surface area contributed by atoms with Crippen molar-refractivity contribution in [2.45, 2.75) is 33.2 Å². The summed E-state index contributed by atoms with van der Waals surface area (Å²) in [7, 11) is 0. The van der Waals surface area contributed by atoms with Crippen molar-refractivity contribution in [3.8, 4) is 0 Å². The van der Waals surface area contributed by atoms with E-state index in [4.69, 9.17) is 0 Å². The van der Waals surface area contributed by atoms with Crippen molar-refractivity contribution in [1.82, 2.24) is 15.3 Å². The highest BCUT2D eigenvalue weighted by Gasteiger charge is 2.28. The van der Waals surface area contributed by atoms with Crippen LogP contribution in [0.5, 0.6) is 0 Å². The van der Waals surface area contributed by atoms with Crippen molar-refractivity contribution in [1.29, 1.82) is 0 Å². The van der Waals surface area contributed by atoms with Crippen molar-refractivity contribution in [2.75, 3.05) is 6.54 Å². The standard InChI is InChI=1S/C11H19N3/c1-7(2)8(3)10-11-9(4-5-12-10)13-6-14-11/h6-8,10,12H,4-5H2,1-3H3,(H,13,14). The number of nitrogens with one attached hydrogen (secondary N) is 2. The fourth-order valence-electron chi connectivity index (χ4n) is 2.07. The molecule has 3 heteroatoms. The van der Waals surface area contributed by atoms with Crippen LogP contribution in [-0.2, 0) is 6.42 Å². The summed E-state index contributed by atoms with van der Waals surface area (Å²) in [4.78, 5) is 7.65. The normalized spacial score (nSPS) is 23.6. The summed E-state index contributed by atoms with van der Waals surface area (Å²) in [5.41, 5.74) is 2.55. The van der Waals surface area contributed by atoms with Gasteiger partial charge in [0, 0.05) is 18.7 Å². The molecule has 2 heterocycles. The third-order valence-corrected chi connectivity index (χ3v) is 3.36. The third-order valence-electron chi connectivity index (χ3n) is 3.36. The molecule has 0 aromatic carbocycles. The highest BCUT2D eigenvalue weighted by Crippen LogP contribution is 2.30. The topological polar surface area (TPSA) is 40.7 Å². The van der Waals surface area contributed by atoms with Crippen LogP contribution in [0.2, 0.25) is 0 Å². The molecule has 0 aliphatic carbocycles. The molecule has 1 aliphatic heterocycles. The van der Waals surface area contributed by atoms with Gasteiger partial charge in [-0.3, -0.25) is 0 Å². The van der Waals surface area contributed by atoms with Crippen molar-refractivity contribution >= 4 is 0 Å². The fourth-order valence-corrected chi connectivity index (χ4v) is 2.07. The Kier molecular flexibility index (Phi) is 2.59. The van der Waals surface area contributed by atoms with Gasteiger partial charge in [-0.15, -0.1) is 0 Å². The predicted molar refractivity (Wildman–Crippen MR) is 57.0 cm³/mol. The molecule has 2 unspecified atom stereocenters. The second-order valence-corrected chi connectivity index (χ2v) is 4.55. The molecule has 1 aromatic heterocycles. The van der Waals surface area contributed by atoms with Crippen LogP contribution in [0.25, 0.3) is 0 Å². The number of aromatic nitrogens is 2. The molecule has 1 aliphatic rings. The Morgan fingerprint density at radius 1 is 1.43 bits per heavy atom. The average Bonchev–Trinajstić information content (AvgIpc) is 2.63. The van der Waals surface area contributed by atoms with E-state index in [0.717, 1.165) is 13.0 Å². The SMILES string of the molecule is CC(C)C(C)C1NCCc2[nH]cnc21. The van der Waals surface area contributed by atoms with E-state index in [1.54, 1.807) is 0 Å². The Hall–Kier alpha value is -0.830. The molecule has 78 valence electrons. The Labute approximate surface area is 85.3 Å². The van der Waals surface area contributed by atoms with Crippen LogP contribution in [0, 0.1) is 11.8 Å². The molecule has 0 saturated carbocycles. The molecule has 2 atom stereocenters. The molecular formula is C11H19N3. The van der Waals surface area contributed by atoms with E-state index in [0.29, 0.717) is 17.9 Å². The zero-order valence-electron chi connectivity index (χ0n) is 9.17. The van der Waals surface area contributed by atoms with Crippen molar-refractivity contribution < 1.29 is 0 Å². The Bertz CT molecular complexity index is 303. The number of hydrogen-bond acceptors (Lipinski definition) is 2. The van der Waals surface area contributed by atoms with E-state index in [-0.39, 0.29) is 0 Å². The molecule has 0 radical (unpaired) electrons. The smallest absolute Gasteiger partial charge is 0.0925 e. The molecule has 0 fully saturated rings. The van der Waals surface area contributed by atoms with Gasteiger partial charge in [-0.1, -0.05) is 20.8 Å². The van der Waals surface area contributed by atoms with Gasteiger partial charge in [0.2, 0.25) is 0 Å². The monoisotopic (exact) mass is 193 g/mol. The van der Waals surface area contributed by atoms with Crippen molar-refractivity contribution in [2.24, 2.45) is 11.8 Å². The van der Waals surface area contributed by atoms with Crippen molar-refractivity contribution in [3.63, 3.8) is 0 Å². The molecule has 0 saturated heterocycles. The summed E-state index contributed by atoms with van der Waals surface area (Å²) in [6, 6.07) is 0.435. The number of nitrogens with zero attached hydrogens (tertiary/aromatic N) is 1. The second kappa shape index (κ2) is 3.73. The maximum Gasteiger partial charge on any atom is 0.0925 e. The molecule has 2 rings (SSSR count). The lowest BCUT2D eigenvalue weighted by Gasteiger charge is -2.30. The van der Waals surface area contributed by atoms with Crippen molar-refractivity contribution in [3.05, 3.63) is 17.7 Å². The van der Waals surface area contributed by atoms with Gasteiger partial charge in [-0.25, -0.2) is 4.98 Å². The Morgan fingerprint density at radius 3 is 2.93 bits per heavy atom. The van der Waals surface area contributed by atoms with Gasteiger partial charge >= 0.3 is 0 Å². The van der Waals surface area contributed by atoms with Gasteiger partial charge in [0.05, 0.1) is 18.1 Å². The number of aromatic amines is 1. The van der Waals surface area contributed by atoms with Crippen LogP contribution in [0.15, 0.2) is 6.33 Å².